The van der Waals surface area contributed by atoms with Crippen LogP contribution in [0.5, 0.6) is 0 Å². The van der Waals surface area contributed by atoms with Gasteiger partial charge in [-0.2, -0.15) is 0 Å². The van der Waals surface area contributed by atoms with Crippen LogP contribution < -0.4 is 0 Å². The Balaban J connectivity index is -0.00000000900. The maximum atomic E-state index is 5.21. The molecule has 4 heteroatoms. The molecule has 0 aliphatic carbocycles. The Morgan fingerprint density at radius 2 is 0.750 bits per heavy atom. The van der Waals surface area contributed by atoms with Gasteiger partial charge in [-0.05, 0) is 18.3 Å². The first-order valence-electron chi connectivity index (χ1n) is 7.50. The van der Waals surface area contributed by atoms with Crippen molar-refractivity contribution in [3.8, 4) is 0 Å². The minimum Gasteiger partial charge on any atom is -0.385 e. The van der Waals surface area contributed by atoms with Crippen LogP contribution in [0.15, 0.2) is 0 Å². The zero-order valence-corrected chi connectivity index (χ0v) is 15.0. The summed E-state index contributed by atoms with van der Waals surface area (Å²) in [6.45, 7) is 14.6. The van der Waals surface area contributed by atoms with E-state index in [0.717, 1.165) is 26.2 Å². The molecular formula is C28H86O4. The quantitative estimate of drug-likeness (QED) is 0.303. The highest BCUT2D eigenvalue weighted by Crippen LogP contribution is 1.91. The fraction of sp³-hybridized carbons (Fsp3) is 1.00. The van der Waals surface area contributed by atoms with Crippen LogP contribution in [0.4, 0.5) is 0 Å². The predicted molar refractivity (Wildman–Crippen MR) is 167 cm³/mol. The van der Waals surface area contributed by atoms with Gasteiger partial charge in [0.2, 0.25) is 0 Å². The molecule has 0 aliphatic rings. The van der Waals surface area contributed by atoms with Crippen LogP contribution in [-0.2, 0) is 18.9 Å². The first-order valence-corrected chi connectivity index (χ1v) is 7.50. The van der Waals surface area contributed by atoms with Gasteiger partial charge in [0.05, 0.1) is 13.2 Å². The van der Waals surface area contributed by atoms with Crippen molar-refractivity contribution >= 4 is 0 Å². The Morgan fingerprint density at radius 3 is 0.875 bits per heavy atom. The third-order valence-corrected chi connectivity index (χ3v) is 1.79. The first kappa shape index (κ1) is 107. The number of rotatable bonds is 9. The highest BCUT2D eigenvalue weighted by Gasteiger charge is 1.91. The summed E-state index contributed by atoms with van der Waals surface area (Å²) in [4.78, 5) is 0. The van der Waals surface area contributed by atoms with Crippen molar-refractivity contribution in [2.75, 3.05) is 54.4 Å². The first-order chi connectivity index (χ1) is 9.45. The highest BCUT2D eigenvalue weighted by atomic mass is 16.5. The Hall–Kier alpha value is -0.160. The molecule has 0 bridgehead atoms. The second-order valence-corrected chi connectivity index (χ2v) is 5.30. The van der Waals surface area contributed by atoms with E-state index < -0.39 is 0 Å². The Labute approximate surface area is 215 Å². The summed E-state index contributed by atoms with van der Waals surface area (Å²) >= 11 is 0. The third kappa shape index (κ3) is 211. The van der Waals surface area contributed by atoms with Gasteiger partial charge in [-0.15, -0.1) is 0 Å². The molecule has 0 radical (unpaired) electrons. The molecule has 0 unspecified atom stereocenters. The van der Waals surface area contributed by atoms with E-state index in [1.54, 1.807) is 21.3 Å². The lowest BCUT2D eigenvalue weighted by Crippen LogP contribution is -2.06. The summed E-state index contributed by atoms with van der Waals surface area (Å²) in [6, 6.07) is 0. The molecular weight excluding hydrogens is 400 g/mol. The van der Waals surface area contributed by atoms with Crippen molar-refractivity contribution in [1.29, 1.82) is 0 Å². The maximum absolute atomic E-state index is 5.21. The van der Waals surface area contributed by atoms with Gasteiger partial charge in [-0.3, -0.25) is 0 Å². The van der Waals surface area contributed by atoms with Crippen molar-refractivity contribution in [3.05, 3.63) is 0 Å². The van der Waals surface area contributed by atoms with Gasteiger partial charge >= 0.3 is 0 Å². The molecule has 0 aromatic rings. The van der Waals surface area contributed by atoms with E-state index in [1.807, 2.05) is 0 Å². The molecule has 32 heavy (non-hydrogen) atoms. The van der Waals surface area contributed by atoms with Crippen molar-refractivity contribution in [3.63, 3.8) is 0 Å². The van der Waals surface area contributed by atoms with Crippen LogP contribution in [0.1, 0.15) is 130 Å². The van der Waals surface area contributed by atoms with Gasteiger partial charge < -0.3 is 18.9 Å². The largest absolute Gasteiger partial charge is 0.385 e. The van der Waals surface area contributed by atoms with E-state index in [4.69, 9.17) is 18.9 Å². The van der Waals surface area contributed by atoms with Crippen LogP contribution in [0.25, 0.3) is 0 Å². The standard InChI is InChI=1S/C7H16O2.C5H12O.C4H10O.12CH4/c1-7(2)6-9-5-4-8-3;1-5(2)4-6-3;1-3-4-5-2;;;;;;;;;;;;/h7H,4-6H2,1-3H3;5H,4H2,1-3H3;3-4H2,1-2H3;12*1H4. The van der Waals surface area contributed by atoms with Crippen molar-refractivity contribution < 1.29 is 18.9 Å². The zero-order valence-electron chi connectivity index (χ0n) is 15.0. The summed E-state index contributed by atoms with van der Waals surface area (Å²) in [5, 5.41) is 0. The minimum atomic E-state index is 0. The average Bonchev–Trinajstić information content (AvgIpc) is 2.37. The normalized spacial score (nSPS) is 6.19. The van der Waals surface area contributed by atoms with Gasteiger partial charge in [-0.1, -0.05) is 124 Å². The molecule has 4 nitrogen and oxygen atoms in total. The van der Waals surface area contributed by atoms with Crippen molar-refractivity contribution in [1.82, 2.24) is 0 Å². The van der Waals surface area contributed by atoms with Crippen LogP contribution in [0.3, 0.4) is 0 Å². The Morgan fingerprint density at radius 1 is 0.438 bits per heavy atom. The summed E-state index contributed by atoms with van der Waals surface area (Å²) in [5.41, 5.74) is 0. The van der Waals surface area contributed by atoms with Crippen molar-refractivity contribution in [2.45, 2.75) is 130 Å². The van der Waals surface area contributed by atoms with Crippen LogP contribution in [0.2, 0.25) is 0 Å². The minimum absolute atomic E-state index is 0. The molecule has 0 saturated carbocycles. The molecule has 222 valence electrons. The van der Waals surface area contributed by atoms with E-state index in [0.29, 0.717) is 25.0 Å². The molecule has 0 aromatic heterocycles. The lowest BCUT2D eigenvalue weighted by Gasteiger charge is -2.04. The topological polar surface area (TPSA) is 36.9 Å². The lowest BCUT2D eigenvalue weighted by atomic mass is 10.2. The molecule has 0 spiro atoms. The van der Waals surface area contributed by atoms with Gasteiger partial charge in [-0.25, -0.2) is 0 Å². The second-order valence-electron chi connectivity index (χ2n) is 5.30. The summed E-state index contributed by atoms with van der Waals surface area (Å²) in [6.07, 6.45) is 1.12. The van der Waals surface area contributed by atoms with Gasteiger partial charge in [0.25, 0.3) is 0 Å². The molecule has 0 fully saturated rings. The molecule has 0 heterocycles. The van der Waals surface area contributed by atoms with Gasteiger partial charge in [0, 0.05) is 41.2 Å². The van der Waals surface area contributed by atoms with E-state index in [2.05, 4.69) is 34.6 Å². The molecule has 0 saturated heterocycles. The number of methoxy groups -OCH3 is 3. The monoisotopic (exact) mass is 487 g/mol. The number of hydrogen-bond acceptors (Lipinski definition) is 4. The predicted octanol–water partition coefficient (Wildman–Crippen LogP) is 11.3. The second kappa shape index (κ2) is 109. The van der Waals surface area contributed by atoms with E-state index in [-0.39, 0.29) is 89.1 Å². The fourth-order valence-corrected chi connectivity index (χ4v) is 0.999. The smallest absolute Gasteiger partial charge is 0.0700 e. The van der Waals surface area contributed by atoms with E-state index in [9.17, 15) is 0 Å². The fourth-order valence-electron chi connectivity index (χ4n) is 0.999. The van der Waals surface area contributed by atoms with Crippen LogP contribution in [0, 0.1) is 11.8 Å². The Kier molecular flexibility index (Phi) is 365. The molecule has 0 aliphatic heterocycles. The summed E-state index contributed by atoms with van der Waals surface area (Å²) in [5.74, 6) is 1.30. The summed E-state index contributed by atoms with van der Waals surface area (Å²) < 4.78 is 19.5. The number of ether oxygens (including phenoxy) is 4. The highest BCUT2D eigenvalue weighted by molar-refractivity contribution is 4.38. The van der Waals surface area contributed by atoms with Crippen molar-refractivity contribution in [2.24, 2.45) is 11.8 Å². The van der Waals surface area contributed by atoms with Gasteiger partial charge in [0.15, 0.2) is 0 Å². The van der Waals surface area contributed by atoms with E-state index in [1.165, 1.54) is 0 Å². The maximum Gasteiger partial charge on any atom is 0.0700 e. The zero-order chi connectivity index (χ0) is 16.2. The molecule has 0 aromatic carbocycles. The molecule has 0 N–H and O–H groups in total. The van der Waals surface area contributed by atoms with Crippen LogP contribution in [-0.4, -0.2) is 54.4 Å². The average molecular weight is 487 g/mol. The molecule has 0 atom stereocenters. The van der Waals surface area contributed by atoms with E-state index >= 15 is 0 Å². The summed E-state index contributed by atoms with van der Waals surface area (Å²) in [7, 11) is 5.11. The lowest BCUT2D eigenvalue weighted by molar-refractivity contribution is 0.0572. The Bertz CT molecular complexity index is 139. The number of hydrogen-bond donors (Lipinski definition) is 0. The molecule has 0 rings (SSSR count). The SMILES string of the molecule is C.C.C.C.C.C.C.C.C.C.C.C.CCCOC.COCC(C)C.COCCOCC(C)C. The third-order valence-electron chi connectivity index (χ3n) is 1.79. The molecule has 0 amide bonds. The van der Waals surface area contributed by atoms with Gasteiger partial charge in [0.1, 0.15) is 0 Å². The van der Waals surface area contributed by atoms with Crippen LogP contribution >= 0.6 is 0 Å².